The molecule has 1 aliphatic rings. The summed E-state index contributed by atoms with van der Waals surface area (Å²) in [4.78, 5) is 15.6. The van der Waals surface area contributed by atoms with E-state index in [-0.39, 0.29) is 11.8 Å². The zero-order valence-electron chi connectivity index (χ0n) is 11.5. The summed E-state index contributed by atoms with van der Waals surface area (Å²) in [7, 11) is 0. The van der Waals surface area contributed by atoms with E-state index >= 15 is 0 Å². The van der Waals surface area contributed by atoms with Crippen LogP contribution in [0.1, 0.15) is 19.3 Å². The number of hydrogen-bond acceptors (Lipinski definition) is 6. The lowest BCUT2D eigenvalue weighted by molar-refractivity contribution is 0.565. The molecule has 0 atom stereocenters. The normalized spacial score (nSPS) is 15.2. The van der Waals surface area contributed by atoms with Crippen molar-refractivity contribution < 1.29 is 4.39 Å². The Labute approximate surface area is 126 Å². The first-order valence-corrected chi connectivity index (χ1v) is 7.72. The minimum Gasteiger partial charge on any atom is -0.368 e. The smallest absolute Gasteiger partial charge is 0.231 e. The third kappa shape index (κ3) is 3.60. The van der Waals surface area contributed by atoms with Crippen LogP contribution in [0.25, 0.3) is 0 Å². The van der Waals surface area contributed by atoms with Crippen LogP contribution < -0.4 is 10.6 Å². The summed E-state index contributed by atoms with van der Waals surface area (Å²) >= 11 is 1.29. The van der Waals surface area contributed by atoms with Gasteiger partial charge in [-0.1, -0.05) is 6.07 Å². The van der Waals surface area contributed by atoms with Crippen LogP contribution >= 0.6 is 11.8 Å². The highest BCUT2D eigenvalue weighted by Gasteiger charge is 2.16. The molecule has 0 unspecified atom stereocenters. The van der Waals surface area contributed by atoms with Gasteiger partial charge in [-0.25, -0.2) is 4.39 Å². The van der Waals surface area contributed by atoms with Crippen molar-refractivity contribution in [1.82, 2.24) is 15.0 Å². The molecule has 2 N–H and O–H groups in total. The zero-order chi connectivity index (χ0) is 14.7. The van der Waals surface area contributed by atoms with Gasteiger partial charge >= 0.3 is 0 Å². The molecule has 1 fully saturated rings. The number of anilines is 2. The van der Waals surface area contributed by atoms with Gasteiger partial charge in [-0.05, 0) is 49.2 Å². The number of piperidine rings is 1. The van der Waals surface area contributed by atoms with Gasteiger partial charge in [0.15, 0.2) is 5.16 Å². The molecule has 1 aromatic heterocycles. The topological polar surface area (TPSA) is 67.9 Å². The minimum absolute atomic E-state index is 0.199. The van der Waals surface area contributed by atoms with Crippen LogP contribution in [0.3, 0.4) is 0 Å². The van der Waals surface area contributed by atoms with Crippen LogP contribution in [0.4, 0.5) is 16.3 Å². The minimum atomic E-state index is -0.279. The maximum absolute atomic E-state index is 13.2. The molecule has 3 rings (SSSR count). The Morgan fingerprint density at radius 2 is 1.90 bits per heavy atom. The first kappa shape index (κ1) is 14.1. The SMILES string of the molecule is Nc1nc(Sc2cccc(F)c2)nc(N2CCCCC2)n1. The van der Waals surface area contributed by atoms with Gasteiger partial charge in [-0.3, -0.25) is 0 Å². The van der Waals surface area contributed by atoms with E-state index in [9.17, 15) is 4.39 Å². The molecule has 1 aromatic carbocycles. The van der Waals surface area contributed by atoms with E-state index < -0.39 is 0 Å². The molecule has 5 nitrogen and oxygen atoms in total. The monoisotopic (exact) mass is 305 g/mol. The van der Waals surface area contributed by atoms with Crippen molar-refractivity contribution in [2.75, 3.05) is 23.7 Å². The zero-order valence-corrected chi connectivity index (χ0v) is 12.3. The van der Waals surface area contributed by atoms with Gasteiger partial charge in [0.2, 0.25) is 11.9 Å². The van der Waals surface area contributed by atoms with Crippen LogP contribution in [-0.4, -0.2) is 28.0 Å². The van der Waals surface area contributed by atoms with Crippen molar-refractivity contribution >= 4 is 23.7 Å². The molecule has 1 saturated heterocycles. The summed E-state index contributed by atoms with van der Waals surface area (Å²) in [5, 5.41) is 0.494. The molecular weight excluding hydrogens is 289 g/mol. The van der Waals surface area contributed by atoms with Crippen molar-refractivity contribution in [3.8, 4) is 0 Å². The van der Waals surface area contributed by atoms with Crippen LogP contribution in [0, 0.1) is 5.82 Å². The molecule has 2 aromatic rings. The van der Waals surface area contributed by atoms with Crippen LogP contribution in [0.5, 0.6) is 0 Å². The molecular formula is C14H16FN5S. The highest BCUT2D eigenvalue weighted by molar-refractivity contribution is 7.99. The van der Waals surface area contributed by atoms with Gasteiger partial charge < -0.3 is 10.6 Å². The number of nitrogens with two attached hydrogens (primary N) is 1. The van der Waals surface area contributed by atoms with Crippen LogP contribution in [0.15, 0.2) is 34.3 Å². The highest BCUT2D eigenvalue weighted by Crippen LogP contribution is 2.27. The molecule has 0 aliphatic carbocycles. The largest absolute Gasteiger partial charge is 0.368 e. The Balaban J connectivity index is 1.83. The van der Waals surface area contributed by atoms with Crippen molar-refractivity contribution in [2.45, 2.75) is 29.3 Å². The molecule has 1 aliphatic heterocycles. The summed E-state index contributed by atoms with van der Waals surface area (Å²) < 4.78 is 13.2. The van der Waals surface area contributed by atoms with E-state index in [0.29, 0.717) is 11.1 Å². The number of benzene rings is 1. The van der Waals surface area contributed by atoms with E-state index in [1.807, 2.05) is 6.07 Å². The Bertz CT molecular complexity index is 631. The van der Waals surface area contributed by atoms with Crippen molar-refractivity contribution in [3.05, 3.63) is 30.1 Å². The number of rotatable bonds is 3. The van der Waals surface area contributed by atoms with Gasteiger partial charge in [0.1, 0.15) is 5.82 Å². The molecule has 0 spiro atoms. The fraction of sp³-hybridized carbons (Fsp3) is 0.357. The van der Waals surface area contributed by atoms with Crippen molar-refractivity contribution in [1.29, 1.82) is 0 Å². The summed E-state index contributed by atoms with van der Waals surface area (Å²) in [5.74, 6) is 0.531. The molecule has 21 heavy (non-hydrogen) atoms. The van der Waals surface area contributed by atoms with E-state index in [1.165, 1.54) is 30.3 Å². The fourth-order valence-electron chi connectivity index (χ4n) is 2.28. The first-order valence-electron chi connectivity index (χ1n) is 6.90. The average Bonchev–Trinajstić information content (AvgIpc) is 2.47. The van der Waals surface area contributed by atoms with Crippen LogP contribution in [0.2, 0.25) is 0 Å². The molecule has 0 saturated carbocycles. The lowest BCUT2D eigenvalue weighted by Gasteiger charge is -2.26. The van der Waals surface area contributed by atoms with Gasteiger partial charge in [0.25, 0.3) is 0 Å². The second kappa shape index (κ2) is 6.26. The summed E-state index contributed by atoms with van der Waals surface area (Å²) in [6.45, 7) is 1.88. The Morgan fingerprint density at radius 3 is 2.67 bits per heavy atom. The van der Waals surface area contributed by atoms with Gasteiger partial charge in [0.05, 0.1) is 0 Å². The first-order chi connectivity index (χ1) is 10.2. The lowest BCUT2D eigenvalue weighted by atomic mass is 10.1. The average molecular weight is 305 g/mol. The van der Waals surface area contributed by atoms with E-state index in [0.717, 1.165) is 30.8 Å². The predicted octanol–water partition coefficient (Wildman–Crippen LogP) is 2.73. The Hall–Kier alpha value is -1.89. The second-order valence-electron chi connectivity index (χ2n) is 4.88. The number of aromatic nitrogens is 3. The predicted molar refractivity (Wildman–Crippen MR) is 80.8 cm³/mol. The number of nitrogens with zero attached hydrogens (tertiary/aromatic N) is 4. The molecule has 0 bridgehead atoms. The van der Waals surface area contributed by atoms with Crippen molar-refractivity contribution in [2.24, 2.45) is 0 Å². The third-order valence-corrected chi connectivity index (χ3v) is 4.12. The lowest BCUT2D eigenvalue weighted by Crippen LogP contribution is -2.31. The van der Waals surface area contributed by atoms with Gasteiger partial charge in [-0.15, -0.1) is 0 Å². The standard InChI is InChI=1S/C14H16FN5S/c15-10-5-4-6-11(9-10)21-14-18-12(16)17-13(19-14)20-7-2-1-3-8-20/h4-6,9H,1-3,7-8H2,(H2,16,17,18,19). The van der Waals surface area contributed by atoms with E-state index in [1.54, 1.807) is 6.07 Å². The molecule has 110 valence electrons. The van der Waals surface area contributed by atoms with E-state index in [2.05, 4.69) is 19.9 Å². The number of hydrogen-bond donors (Lipinski definition) is 1. The summed E-state index contributed by atoms with van der Waals surface area (Å²) in [6, 6.07) is 6.33. The Kier molecular flexibility index (Phi) is 4.19. The summed E-state index contributed by atoms with van der Waals surface area (Å²) in [6.07, 6.45) is 3.51. The maximum atomic E-state index is 13.2. The van der Waals surface area contributed by atoms with Gasteiger partial charge in [0, 0.05) is 18.0 Å². The number of nitrogen functional groups attached to an aromatic ring is 1. The van der Waals surface area contributed by atoms with Crippen molar-refractivity contribution in [3.63, 3.8) is 0 Å². The quantitative estimate of drug-likeness (QED) is 0.940. The van der Waals surface area contributed by atoms with Crippen LogP contribution in [-0.2, 0) is 0 Å². The second-order valence-corrected chi connectivity index (χ2v) is 5.92. The molecule has 0 radical (unpaired) electrons. The number of halogens is 1. The van der Waals surface area contributed by atoms with E-state index in [4.69, 9.17) is 5.73 Å². The molecule has 2 heterocycles. The molecule has 7 heteroatoms. The van der Waals surface area contributed by atoms with Gasteiger partial charge in [-0.2, -0.15) is 15.0 Å². The maximum Gasteiger partial charge on any atom is 0.231 e. The Morgan fingerprint density at radius 1 is 1.10 bits per heavy atom. The third-order valence-electron chi connectivity index (χ3n) is 3.26. The molecule has 0 amide bonds. The highest BCUT2D eigenvalue weighted by atomic mass is 32.2. The fourth-order valence-corrected chi connectivity index (χ4v) is 3.07. The summed E-state index contributed by atoms with van der Waals surface area (Å²) in [5.41, 5.74) is 5.77.